The van der Waals surface area contributed by atoms with Crippen LogP contribution in [0.5, 0.6) is 0 Å². The third-order valence-corrected chi connectivity index (χ3v) is 4.07. The van der Waals surface area contributed by atoms with Gasteiger partial charge in [0.1, 0.15) is 6.04 Å². The quantitative estimate of drug-likeness (QED) is 0.844. The molecule has 0 aromatic heterocycles. The van der Waals surface area contributed by atoms with Crippen LogP contribution in [0.1, 0.15) is 32.4 Å². The third-order valence-electron chi connectivity index (χ3n) is 4.07. The highest BCUT2D eigenvalue weighted by Gasteiger charge is 2.49. The van der Waals surface area contributed by atoms with Crippen molar-refractivity contribution < 1.29 is 19.1 Å². The summed E-state index contributed by atoms with van der Waals surface area (Å²) in [4.78, 5) is 24.5. The molecule has 4 unspecified atom stereocenters. The zero-order valence-corrected chi connectivity index (χ0v) is 13.2. The van der Waals surface area contributed by atoms with E-state index < -0.39 is 12.0 Å². The van der Waals surface area contributed by atoms with E-state index in [4.69, 9.17) is 9.47 Å². The maximum absolute atomic E-state index is 12.4. The highest BCUT2D eigenvalue weighted by atomic mass is 16.5. The van der Waals surface area contributed by atoms with Gasteiger partial charge in [-0.2, -0.15) is 0 Å². The van der Waals surface area contributed by atoms with Crippen LogP contribution in [-0.2, 0) is 19.1 Å². The lowest BCUT2D eigenvalue weighted by molar-refractivity contribution is -0.150. The molecule has 0 aliphatic carbocycles. The Bertz CT molecular complexity index is 517. The van der Waals surface area contributed by atoms with Crippen molar-refractivity contribution in [1.29, 1.82) is 0 Å². The second kappa shape index (κ2) is 7.40. The van der Waals surface area contributed by atoms with Crippen LogP contribution in [-0.4, -0.2) is 31.2 Å². The lowest BCUT2D eigenvalue weighted by Gasteiger charge is -2.20. The zero-order valence-electron chi connectivity index (χ0n) is 13.2. The van der Waals surface area contributed by atoms with Crippen molar-refractivity contribution in [2.75, 3.05) is 13.2 Å². The summed E-state index contributed by atoms with van der Waals surface area (Å²) >= 11 is 0. The number of rotatable bonds is 5. The maximum Gasteiger partial charge on any atom is 0.323 e. The summed E-state index contributed by atoms with van der Waals surface area (Å²) in [5.74, 6) is -1.19. The van der Waals surface area contributed by atoms with Gasteiger partial charge in [0.25, 0.3) is 0 Å². The third kappa shape index (κ3) is 3.30. The normalized spacial score (nSPS) is 27.4. The Kier molecular flexibility index (Phi) is 5.55. The predicted octanol–water partition coefficient (Wildman–Crippen LogP) is 2.08. The van der Waals surface area contributed by atoms with Crippen molar-refractivity contribution >= 4 is 11.9 Å². The van der Waals surface area contributed by atoms with E-state index in [1.807, 2.05) is 37.3 Å². The van der Waals surface area contributed by atoms with Crippen LogP contribution < -0.4 is 5.32 Å². The molecule has 22 heavy (non-hydrogen) atoms. The molecule has 0 saturated carbocycles. The predicted molar refractivity (Wildman–Crippen MR) is 82.0 cm³/mol. The lowest BCUT2D eigenvalue weighted by atomic mass is 9.86. The van der Waals surface area contributed by atoms with Crippen molar-refractivity contribution in [2.24, 2.45) is 11.8 Å². The SMILES string of the molecule is CCOC(=O)C1NC(c2ccccc2)C(C(=O)OCC)C1C. The average molecular weight is 305 g/mol. The Labute approximate surface area is 131 Å². The van der Waals surface area contributed by atoms with Gasteiger partial charge in [-0.05, 0) is 25.3 Å². The van der Waals surface area contributed by atoms with E-state index in [9.17, 15) is 9.59 Å². The average Bonchev–Trinajstić information content (AvgIpc) is 2.86. The summed E-state index contributed by atoms with van der Waals surface area (Å²) in [5.41, 5.74) is 0.971. The van der Waals surface area contributed by atoms with Crippen molar-refractivity contribution in [2.45, 2.75) is 32.9 Å². The molecule has 1 aromatic rings. The fourth-order valence-electron chi connectivity index (χ4n) is 3.03. The molecule has 1 fully saturated rings. The fraction of sp³-hybridized carbons (Fsp3) is 0.529. The second-order valence-electron chi connectivity index (χ2n) is 5.42. The molecule has 0 amide bonds. The summed E-state index contributed by atoms with van der Waals surface area (Å²) < 4.78 is 10.3. The number of benzene rings is 1. The first-order valence-corrected chi connectivity index (χ1v) is 7.74. The van der Waals surface area contributed by atoms with E-state index in [-0.39, 0.29) is 23.9 Å². The van der Waals surface area contributed by atoms with Gasteiger partial charge in [0.2, 0.25) is 0 Å². The van der Waals surface area contributed by atoms with E-state index >= 15 is 0 Å². The number of carbonyl (C=O) groups is 2. The molecule has 4 atom stereocenters. The molecule has 0 spiro atoms. The zero-order chi connectivity index (χ0) is 16.1. The van der Waals surface area contributed by atoms with Gasteiger partial charge < -0.3 is 9.47 Å². The molecule has 1 aliphatic rings. The first-order valence-electron chi connectivity index (χ1n) is 7.74. The topological polar surface area (TPSA) is 64.6 Å². The van der Waals surface area contributed by atoms with Gasteiger partial charge in [0.05, 0.1) is 19.1 Å². The van der Waals surface area contributed by atoms with E-state index in [0.29, 0.717) is 13.2 Å². The summed E-state index contributed by atoms with van der Waals surface area (Å²) in [7, 11) is 0. The largest absolute Gasteiger partial charge is 0.466 e. The van der Waals surface area contributed by atoms with Crippen LogP contribution in [0.4, 0.5) is 0 Å². The van der Waals surface area contributed by atoms with Crippen molar-refractivity contribution in [3.05, 3.63) is 35.9 Å². The number of hydrogen-bond acceptors (Lipinski definition) is 5. The van der Waals surface area contributed by atoms with Crippen LogP contribution in [0.25, 0.3) is 0 Å². The van der Waals surface area contributed by atoms with Gasteiger partial charge >= 0.3 is 11.9 Å². The molecule has 1 N–H and O–H groups in total. The van der Waals surface area contributed by atoms with Crippen molar-refractivity contribution in [1.82, 2.24) is 5.32 Å². The molecule has 1 aromatic carbocycles. The summed E-state index contributed by atoms with van der Waals surface area (Å²) in [6.45, 7) is 6.09. The molecule has 0 bridgehead atoms. The van der Waals surface area contributed by atoms with Gasteiger partial charge in [-0.1, -0.05) is 37.3 Å². The number of nitrogens with one attached hydrogen (secondary N) is 1. The van der Waals surface area contributed by atoms with Gasteiger partial charge in [-0.25, -0.2) is 0 Å². The molecular weight excluding hydrogens is 282 g/mol. The van der Waals surface area contributed by atoms with E-state index in [1.165, 1.54) is 0 Å². The first-order chi connectivity index (χ1) is 10.6. The summed E-state index contributed by atoms with van der Waals surface area (Å²) in [6.07, 6.45) is 0. The molecule has 5 heteroatoms. The molecule has 1 saturated heterocycles. The molecular formula is C17H23NO4. The van der Waals surface area contributed by atoms with E-state index in [1.54, 1.807) is 13.8 Å². The highest BCUT2D eigenvalue weighted by molar-refractivity contribution is 5.81. The van der Waals surface area contributed by atoms with Crippen LogP contribution in [0, 0.1) is 11.8 Å². The number of esters is 2. The smallest absolute Gasteiger partial charge is 0.323 e. The molecule has 1 aliphatic heterocycles. The second-order valence-corrected chi connectivity index (χ2v) is 5.42. The molecule has 0 radical (unpaired) electrons. The molecule has 2 rings (SSSR count). The van der Waals surface area contributed by atoms with Crippen LogP contribution in [0.3, 0.4) is 0 Å². The first kappa shape index (κ1) is 16.5. The number of ether oxygens (including phenoxy) is 2. The summed E-state index contributed by atoms with van der Waals surface area (Å²) in [6, 6.07) is 8.91. The fourth-order valence-corrected chi connectivity index (χ4v) is 3.03. The van der Waals surface area contributed by atoms with Crippen LogP contribution >= 0.6 is 0 Å². The maximum atomic E-state index is 12.4. The number of hydrogen-bond donors (Lipinski definition) is 1. The summed E-state index contributed by atoms with van der Waals surface area (Å²) in [5, 5.41) is 3.26. The van der Waals surface area contributed by atoms with Gasteiger partial charge in [-0.15, -0.1) is 0 Å². The minimum absolute atomic E-state index is 0.191. The molecule has 120 valence electrons. The van der Waals surface area contributed by atoms with E-state index in [2.05, 4.69) is 5.32 Å². The van der Waals surface area contributed by atoms with Gasteiger partial charge in [0, 0.05) is 6.04 Å². The highest BCUT2D eigenvalue weighted by Crippen LogP contribution is 2.38. The van der Waals surface area contributed by atoms with Gasteiger partial charge in [0.15, 0.2) is 0 Å². The number of carbonyl (C=O) groups excluding carboxylic acids is 2. The Morgan fingerprint density at radius 2 is 1.64 bits per heavy atom. The minimum Gasteiger partial charge on any atom is -0.466 e. The molecule has 5 nitrogen and oxygen atoms in total. The van der Waals surface area contributed by atoms with Gasteiger partial charge in [-0.3, -0.25) is 14.9 Å². The Morgan fingerprint density at radius 1 is 1.05 bits per heavy atom. The van der Waals surface area contributed by atoms with Crippen molar-refractivity contribution in [3.8, 4) is 0 Å². The van der Waals surface area contributed by atoms with Crippen LogP contribution in [0.15, 0.2) is 30.3 Å². The molecule has 1 heterocycles. The van der Waals surface area contributed by atoms with E-state index in [0.717, 1.165) is 5.56 Å². The lowest BCUT2D eigenvalue weighted by Crippen LogP contribution is -2.37. The Morgan fingerprint density at radius 3 is 2.23 bits per heavy atom. The monoisotopic (exact) mass is 305 g/mol. The van der Waals surface area contributed by atoms with Crippen molar-refractivity contribution in [3.63, 3.8) is 0 Å². The Balaban J connectivity index is 2.28. The minimum atomic E-state index is -0.500. The van der Waals surface area contributed by atoms with Crippen LogP contribution in [0.2, 0.25) is 0 Å². The standard InChI is InChI=1S/C17H23NO4/c1-4-21-16(19)13-11(3)14(17(20)22-5-2)18-15(13)12-9-7-6-8-10-12/h6-11,13-15,18H,4-5H2,1-3H3. The Hall–Kier alpha value is -1.88.